The summed E-state index contributed by atoms with van der Waals surface area (Å²) in [7, 11) is -4.53. The normalized spacial score (nSPS) is 12.8. The monoisotopic (exact) mass is 220 g/mol. The molecule has 0 amide bonds. The predicted octanol–water partition coefficient (Wildman–Crippen LogP) is -4.08. The van der Waals surface area contributed by atoms with Crippen LogP contribution in [0.1, 0.15) is 6.92 Å². The van der Waals surface area contributed by atoms with E-state index in [9.17, 15) is 13.2 Å². The average molecular weight is 220 g/mol. The van der Waals surface area contributed by atoms with E-state index in [-0.39, 0.29) is 29.6 Å². The second kappa shape index (κ2) is 5.84. The third-order valence-corrected chi connectivity index (χ3v) is 2.57. The first-order valence-electron chi connectivity index (χ1n) is 2.94. The quantitative estimate of drug-likeness (QED) is 0.252. The van der Waals surface area contributed by atoms with Gasteiger partial charge in [0.25, 0.3) is 0 Å². The van der Waals surface area contributed by atoms with Crippen LogP contribution in [-0.4, -0.2) is 41.0 Å². The summed E-state index contributed by atoms with van der Waals surface area (Å²) < 4.78 is 29.3. The van der Waals surface area contributed by atoms with Gasteiger partial charge in [-0.15, -0.1) is 0 Å². The van der Waals surface area contributed by atoms with E-state index in [1.54, 1.807) is 0 Å². The molecule has 0 radical (unpaired) electrons. The zero-order chi connectivity index (χ0) is 9.94. The summed E-state index contributed by atoms with van der Waals surface area (Å²) in [6.07, 6.45) is 0. The summed E-state index contributed by atoms with van der Waals surface area (Å²) in [4.78, 5) is 10.2. The number of carboxylic acids is 1. The first kappa shape index (κ1) is 15.7. The van der Waals surface area contributed by atoms with Crippen molar-refractivity contribution in [2.45, 2.75) is 12.2 Å². The van der Waals surface area contributed by atoms with Gasteiger partial charge in [0.2, 0.25) is 10.1 Å². The van der Waals surface area contributed by atoms with E-state index in [1.165, 1.54) is 0 Å². The van der Waals surface area contributed by atoms with Crippen LogP contribution in [0.2, 0.25) is 0 Å². The van der Waals surface area contributed by atoms with Crippen molar-refractivity contribution in [1.29, 1.82) is 0 Å². The average Bonchev–Trinajstić information content (AvgIpc) is 1.85. The van der Waals surface area contributed by atoms with E-state index in [4.69, 9.17) is 14.8 Å². The zero-order valence-electron chi connectivity index (χ0n) is 7.26. The molecular formula is C5H9NaO6S. The third kappa shape index (κ3) is 4.84. The first-order valence-corrected chi connectivity index (χ1v) is 4.45. The number of hydrogen-bond acceptors (Lipinski definition) is 4. The number of carbonyl (C=O) groups is 1. The Morgan fingerprint density at radius 2 is 1.92 bits per heavy atom. The Hall–Kier alpha value is 0.210. The Morgan fingerprint density at radius 1 is 1.54 bits per heavy atom. The van der Waals surface area contributed by atoms with E-state index in [1.807, 2.05) is 0 Å². The molecule has 0 bridgehead atoms. The van der Waals surface area contributed by atoms with Crippen molar-refractivity contribution in [2.24, 2.45) is 0 Å². The van der Waals surface area contributed by atoms with Gasteiger partial charge in [-0.05, 0) is 0 Å². The van der Waals surface area contributed by atoms with Crippen LogP contribution < -0.4 is 29.6 Å². The number of aliphatic hydroxyl groups excluding tert-OH is 1. The zero-order valence-corrected chi connectivity index (χ0v) is 10.1. The van der Waals surface area contributed by atoms with Gasteiger partial charge in [0.05, 0.1) is 0 Å². The van der Waals surface area contributed by atoms with Crippen LogP contribution >= 0.6 is 0 Å². The van der Waals surface area contributed by atoms with Gasteiger partial charge in [-0.1, -0.05) is 0 Å². The molecule has 0 spiro atoms. The second-order valence-corrected chi connectivity index (χ2v) is 3.77. The van der Waals surface area contributed by atoms with Gasteiger partial charge in [-0.2, -0.15) is 6.92 Å². The molecule has 0 aromatic heterocycles. The van der Waals surface area contributed by atoms with Gasteiger partial charge < -0.3 is 10.2 Å². The maximum atomic E-state index is 10.4. The van der Waals surface area contributed by atoms with Crippen LogP contribution in [0.3, 0.4) is 0 Å². The van der Waals surface area contributed by atoms with Crippen LogP contribution in [-0.2, 0) is 14.9 Å². The van der Waals surface area contributed by atoms with Crippen molar-refractivity contribution in [3.63, 3.8) is 0 Å². The SMILES string of the molecule is C[C-](C(=O)O)C(CO)S(=O)(=O)O.[Na+]. The molecule has 1 atom stereocenters. The Labute approximate surface area is 98.0 Å². The minimum atomic E-state index is -4.53. The van der Waals surface area contributed by atoms with Crippen molar-refractivity contribution >= 4 is 16.1 Å². The molecule has 0 aliphatic rings. The van der Waals surface area contributed by atoms with Gasteiger partial charge in [-0.3, -0.25) is 15.3 Å². The van der Waals surface area contributed by atoms with E-state index in [2.05, 4.69) is 0 Å². The van der Waals surface area contributed by atoms with E-state index < -0.39 is 33.9 Å². The van der Waals surface area contributed by atoms with Crippen molar-refractivity contribution in [2.75, 3.05) is 6.61 Å². The minimum absolute atomic E-state index is 0. The summed E-state index contributed by atoms with van der Waals surface area (Å²) in [5, 5.41) is 15.0. The van der Waals surface area contributed by atoms with Gasteiger partial charge in [0.15, 0.2) is 5.97 Å². The van der Waals surface area contributed by atoms with Gasteiger partial charge in [0.1, 0.15) is 0 Å². The number of hydrogen-bond donors (Lipinski definition) is 3. The van der Waals surface area contributed by atoms with E-state index in [0.717, 1.165) is 6.92 Å². The van der Waals surface area contributed by atoms with E-state index >= 15 is 0 Å². The predicted molar refractivity (Wildman–Crippen MR) is 39.0 cm³/mol. The summed E-state index contributed by atoms with van der Waals surface area (Å²) >= 11 is 0. The summed E-state index contributed by atoms with van der Waals surface area (Å²) in [6.45, 7) is 0.0634. The molecule has 0 rings (SSSR count). The Bertz CT molecular complexity index is 260. The summed E-state index contributed by atoms with van der Waals surface area (Å²) in [6, 6.07) is 0. The Morgan fingerprint density at radius 3 is 2.00 bits per heavy atom. The van der Waals surface area contributed by atoms with Crippen LogP contribution in [0.5, 0.6) is 0 Å². The topological polar surface area (TPSA) is 112 Å². The number of aliphatic carboxylic acids is 1. The molecule has 0 aliphatic heterocycles. The van der Waals surface area contributed by atoms with Gasteiger partial charge in [0, 0.05) is 11.9 Å². The Kier molecular flexibility index (Phi) is 7.04. The fourth-order valence-electron chi connectivity index (χ4n) is 0.592. The molecule has 8 heteroatoms. The Balaban J connectivity index is 0. The van der Waals surface area contributed by atoms with Gasteiger partial charge in [-0.25, -0.2) is 8.42 Å². The second-order valence-electron chi connectivity index (χ2n) is 2.17. The maximum Gasteiger partial charge on any atom is 1.00 e. The molecule has 0 aromatic rings. The standard InChI is InChI=1S/C5H9O6S.Na/c1-3(5(7)8)4(2-6)12(9,10)11;/h4,6H,2H2,1H3,(H,7,8)(H,9,10,11);/q-1;+1. The van der Waals surface area contributed by atoms with Crippen molar-refractivity contribution < 1.29 is 57.5 Å². The van der Waals surface area contributed by atoms with Crippen molar-refractivity contribution in [1.82, 2.24) is 0 Å². The molecule has 72 valence electrons. The number of carboxylic acid groups (broad SMARTS) is 1. The first-order chi connectivity index (χ1) is 5.30. The molecule has 0 aliphatic carbocycles. The number of aliphatic hydroxyl groups is 1. The van der Waals surface area contributed by atoms with Crippen LogP contribution in [0.4, 0.5) is 0 Å². The minimum Gasteiger partial charge on any atom is -0.503 e. The third-order valence-electron chi connectivity index (χ3n) is 1.35. The molecule has 0 saturated heterocycles. The molecule has 0 heterocycles. The molecular weight excluding hydrogens is 211 g/mol. The molecule has 6 nitrogen and oxygen atoms in total. The molecule has 0 fully saturated rings. The largest absolute Gasteiger partial charge is 1.00 e. The van der Waals surface area contributed by atoms with Crippen LogP contribution in [0, 0.1) is 5.92 Å². The molecule has 0 saturated carbocycles. The smallest absolute Gasteiger partial charge is 0.503 e. The summed E-state index contributed by atoms with van der Waals surface area (Å²) in [5.74, 6) is -1.98. The molecule has 3 N–H and O–H groups in total. The van der Waals surface area contributed by atoms with Crippen LogP contribution in [0.25, 0.3) is 0 Å². The fraction of sp³-hybridized carbons (Fsp3) is 0.600. The molecule has 1 unspecified atom stereocenters. The summed E-state index contributed by atoms with van der Waals surface area (Å²) in [5.41, 5.74) is 0. The molecule has 0 aromatic carbocycles. The fourth-order valence-corrected chi connectivity index (χ4v) is 1.33. The van der Waals surface area contributed by atoms with E-state index in [0.29, 0.717) is 0 Å². The van der Waals surface area contributed by atoms with Gasteiger partial charge >= 0.3 is 29.6 Å². The number of rotatable bonds is 4. The van der Waals surface area contributed by atoms with Crippen molar-refractivity contribution in [3.8, 4) is 0 Å². The molecule has 13 heavy (non-hydrogen) atoms. The maximum absolute atomic E-state index is 10.4. The van der Waals surface area contributed by atoms with Crippen LogP contribution in [0.15, 0.2) is 0 Å². The van der Waals surface area contributed by atoms with Crippen molar-refractivity contribution in [3.05, 3.63) is 5.92 Å².